The van der Waals surface area contributed by atoms with Gasteiger partial charge in [0.15, 0.2) is 0 Å². The maximum Gasteiger partial charge on any atom is 0.271 e. The normalized spacial score (nSPS) is 20.5. The highest BCUT2D eigenvalue weighted by molar-refractivity contribution is 5.97. The Hall–Kier alpha value is -1.56. The zero-order valence-corrected chi connectivity index (χ0v) is 8.56. The van der Waals surface area contributed by atoms with Crippen LogP contribution in [0.5, 0.6) is 0 Å². The zero-order chi connectivity index (χ0) is 10.8. The zero-order valence-electron chi connectivity index (χ0n) is 8.56. The Morgan fingerprint density at radius 2 is 2.60 bits per heavy atom. The molecule has 0 spiro atoms. The number of carbonyl (C=O) groups excluding carboxylic acids is 1. The number of nitrogens with one attached hydrogen (secondary N) is 1. The van der Waals surface area contributed by atoms with Crippen LogP contribution in [-0.2, 0) is 11.8 Å². The number of nitrogens with zero attached hydrogens (tertiary/aromatic N) is 2. The van der Waals surface area contributed by atoms with Crippen LogP contribution < -0.4 is 11.1 Å². The van der Waals surface area contributed by atoms with Crippen molar-refractivity contribution in [1.29, 1.82) is 0 Å². The molecule has 1 aliphatic rings. The van der Waals surface area contributed by atoms with Crippen LogP contribution in [0.2, 0.25) is 0 Å². The molecule has 2 rings (SSSR count). The average Bonchev–Trinajstić information content (AvgIpc) is 2.77. The molecular formula is C9H14N4O2. The molecule has 0 radical (unpaired) electrons. The van der Waals surface area contributed by atoms with Crippen LogP contribution >= 0.6 is 0 Å². The smallest absolute Gasteiger partial charge is 0.271 e. The van der Waals surface area contributed by atoms with E-state index in [1.165, 1.54) is 10.9 Å². The predicted octanol–water partition coefficient (Wildman–Crippen LogP) is -0.479. The first-order valence-corrected chi connectivity index (χ1v) is 4.84. The van der Waals surface area contributed by atoms with Crippen molar-refractivity contribution in [2.24, 2.45) is 7.05 Å². The van der Waals surface area contributed by atoms with Gasteiger partial charge in [-0.05, 0) is 6.42 Å². The van der Waals surface area contributed by atoms with Crippen LogP contribution in [0.1, 0.15) is 16.9 Å². The van der Waals surface area contributed by atoms with Crippen molar-refractivity contribution in [3.8, 4) is 0 Å². The van der Waals surface area contributed by atoms with Crippen molar-refractivity contribution in [2.45, 2.75) is 12.5 Å². The van der Waals surface area contributed by atoms with E-state index in [1.54, 1.807) is 7.05 Å². The summed E-state index contributed by atoms with van der Waals surface area (Å²) in [6, 6.07) is 0.0896. The van der Waals surface area contributed by atoms with E-state index in [2.05, 4.69) is 10.4 Å². The van der Waals surface area contributed by atoms with E-state index >= 15 is 0 Å². The molecule has 0 aromatic carbocycles. The highest BCUT2D eigenvalue weighted by Crippen LogP contribution is 2.10. The first kappa shape index (κ1) is 9.97. The number of amides is 1. The van der Waals surface area contributed by atoms with Crippen LogP contribution in [0, 0.1) is 0 Å². The fourth-order valence-corrected chi connectivity index (χ4v) is 1.63. The summed E-state index contributed by atoms with van der Waals surface area (Å²) in [6.07, 6.45) is 2.32. The number of nitrogen functional groups attached to an aromatic ring is 1. The van der Waals surface area contributed by atoms with E-state index in [0.717, 1.165) is 6.42 Å². The van der Waals surface area contributed by atoms with Gasteiger partial charge in [-0.25, -0.2) is 0 Å². The number of anilines is 1. The molecule has 82 valence electrons. The second-order valence-corrected chi connectivity index (χ2v) is 3.61. The molecule has 3 N–H and O–H groups in total. The standard InChI is InChI=1S/C9H14N4O2/c1-13-8(7(10)4-11-13)9(14)12-6-2-3-15-5-6/h4,6H,2-3,5,10H2,1H3,(H,12,14). The van der Waals surface area contributed by atoms with Gasteiger partial charge in [-0.2, -0.15) is 5.10 Å². The Morgan fingerprint density at radius 3 is 3.13 bits per heavy atom. The molecule has 1 aromatic heterocycles. The first-order chi connectivity index (χ1) is 7.18. The van der Waals surface area contributed by atoms with Crippen molar-refractivity contribution in [3.63, 3.8) is 0 Å². The molecule has 6 heteroatoms. The summed E-state index contributed by atoms with van der Waals surface area (Å²) < 4.78 is 6.64. The minimum Gasteiger partial charge on any atom is -0.396 e. The van der Waals surface area contributed by atoms with Crippen LogP contribution in [0.25, 0.3) is 0 Å². The van der Waals surface area contributed by atoms with E-state index in [-0.39, 0.29) is 11.9 Å². The Morgan fingerprint density at radius 1 is 1.80 bits per heavy atom. The van der Waals surface area contributed by atoms with Crippen LogP contribution in [-0.4, -0.2) is 34.9 Å². The molecule has 6 nitrogen and oxygen atoms in total. The number of rotatable bonds is 2. The predicted molar refractivity (Wildman–Crippen MR) is 54.3 cm³/mol. The van der Waals surface area contributed by atoms with Gasteiger partial charge in [0.2, 0.25) is 0 Å². The molecule has 2 heterocycles. The molecule has 1 atom stereocenters. The summed E-state index contributed by atoms with van der Waals surface area (Å²) in [5.74, 6) is -0.192. The summed E-state index contributed by atoms with van der Waals surface area (Å²) >= 11 is 0. The van der Waals surface area contributed by atoms with Crippen molar-refractivity contribution in [1.82, 2.24) is 15.1 Å². The van der Waals surface area contributed by atoms with Crippen LogP contribution in [0.3, 0.4) is 0 Å². The Balaban J connectivity index is 2.07. The minimum atomic E-state index is -0.192. The molecule has 15 heavy (non-hydrogen) atoms. The minimum absolute atomic E-state index is 0.0896. The van der Waals surface area contributed by atoms with Gasteiger partial charge < -0.3 is 15.8 Å². The summed E-state index contributed by atoms with van der Waals surface area (Å²) in [6.45, 7) is 1.27. The lowest BCUT2D eigenvalue weighted by atomic mass is 10.2. The number of hydrogen-bond donors (Lipinski definition) is 2. The molecule has 0 bridgehead atoms. The fraction of sp³-hybridized carbons (Fsp3) is 0.556. The Bertz CT molecular complexity index is 349. The second-order valence-electron chi connectivity index (χ2n) is 3.61. The number of ether oxygens (including phenoxy) is 1. The van der Waals surface area contributed by atoms with Gasteiger partial charge in [0.05, 0.1) is 24.5 Å². The summed E-state index contributed by atoms with van der Waals surface area (Å²) in [5.41, 5.74) is 6.44. The van der Waals surface area contributed by atoms with Crippen LogP contribution in [0.4, 0.5) is 5.69 Å². The number of hydrogen-bond acceptors (Lipinski definition) is 4. The monoisotopic (exact) mass is 210 g/mol. The number of aryl methyl sites for hydroxylation is 1. The maximum atomic E-state index is 11.8. The van der Waals surface area contributed by atoms with Crippen molar-refractivity contribution in [3.05, 3.63) is 11.9 Å². The second kappa shape index (κ2) is 3.90. The molecule has 1 fully saturated rings. The van der Waals surface area contributed by atoms with Crippen LogP contribution in [0.15, 0.2) is 6.20 Å². The topological polar surface area (TPSA) is 82.2 Å². The lowest BCUT2D eigenvalue weighted by Crippen LogP contribution is -2.36. The van der Waals surface area contributed by atoms with Crippen molar-refractivity contribution < 1.29 is 9.53 Å². The lowest BCUT2D eigenvalue weighted by Gasteiger charge is -2.10. The first-order valence-electron chi connectivity index (χ1n) is 4.84. The van der Waals surface area contributed by atoms with Gasteiger partial charge in [0.1, 0.15) is 5.69 Å². The van der Waals surface area contributed by atoms with E-state index in [9.17, 15) is 4.79 Å². The van der Waals surface area contributed by atoms with Gasteiger partial charge in [-0.15, -0.1) is 0 Å². The van der Waals surface area contributed by atoms with E-state index in [4.69, 9.17) is 10.5 Å². The third-order valence-electron chi connectivity index (χ3n) is 2.45. The van der Waals surface area contributed by atoms with Crippen molar-refractivity contribution in [2.75, 3.05) is 18.9 Å². The summed E-state index contributed by atoms with van der Waals surface area (Å²) in [5, 5.41) is 6.77. The summed E-state index contributed by atoms with van der Waals surface area (Å²) in [4.78, 5) is 11.8. The molecule has 1 amide bonds. The van der Waals surface area contributed by atoms with Gasteiger partial charge in [0.25, 0.3) is 5.91 Å². The van der Waals surface area contributed by atoms with Gasteiger partial charge >= 0.3 is 0 Å². The van der Waals surface area contributed by atoms with Crippen molar-refractivity contribution >= 4 is 11.6 Å². The van der Waals surface area contributed by atoms with Gasteiger partial charge in [-0.3, -0.25) is 9.48 Å². The van der Waals surface area contributed by atoms with Gasteiger partial charge in [0, 0.05) is 13.7 Å². The molecule has 0 saturated carbocycles. The van der Waals surface area contributed by atoms with E-state index in [1.807, 2.05) is 0 Å². The number of carbonyl (C=O) groups is 1. The number of nitrogens with two attached hydrogens (primary N) is 1. The molecule has 0 aliphatic carbocycles. The largest absolute Gasteiger partial charge is 0.396 e. The third kappa shape index (κ3) is 1.94. The van der Waals surface area contributed by atoms with E-state index in [0.29, 0.717) is 24.6 Å². The molecular weight excluding hydrogens is 196 g/mol. The molecule has 1 aliphatic heterocycles. The number of aromatic nitrogens is 2. The highest BCUT2D eigenvalue weighted by atomic mass is 16.5. The SMILES string of the molecule is Cn1ncc(N)c1C(=O)NC1CCOC1. The maximum absolute atomic E-state index is 11.8. The van der Waals surface area contributed by atoms with Gasteiger partial charge in [-0.1, -0.05) is 0 Å². The average molecular weight is 210 g/mol. The Labute approximate surface area is 87.4 Å². The fourth-order valence-electron chi connectivity index (χ4n) is 1.63. The lowest BCUT2D eigenvalue weighted by molar-refractivity contribution is 0.0921. The summed E-state index contributed by atoms with van der Waals surface area (Å²) in [7, 11) is 1.69. The van der Waals surface area contributed by atoms with E-state index < -0.39 is 0 Å². The molecule has 1 unspecified atom stereocenters. The highest BCUT2D eigenvalue weighted by Gasteiger charge is 2.21. The quantitative estimate of drug-likeness (QED) is 0.690. The molecule has 1 saturated heterocycles. The molecule has 1 aromatic rings. The Kier molecular flexibility index (Phi) is 2.59. The third-order valence-corrected chi connectivity index (χ3v) is 2.45.